The Kier molecular flexibility index (Phi) is 4.39. The molecule has 2 heterocycles. The highest BCUT2D eigenvalue weighted by Gasteiger charge is 2.18. The van der Waals surface area contributed by atoms with Gasteiger partial charge in [-0.25, -0.2) is 4.68 Å². The Morgan fingerprint density at radius 3 is 2.46 bits per heavy atom. The van der Waals surface area contributed by atoms with E-state index in [4.69, 9.17) is 0 Å². The predicted molar refractivity (Wildman–Crippen MR) is 108 cm³/mol. The van der Waals surface area contributed by atoms with Gasteiger partial charge in [0.05, 0.1) is 5.39 Å². The normalized spacial score (nSPS) is 11.1. The minimum atomic E-state index is -0.314. The van der Waals surface area contributed by atoms with Crippen molar-refractivity contribution in [2.45, 2.75) is 27.3 Å². The molecule has 6 heteroatoms. The Hall–Kier alpha value is -3.54. The van der Waals surface area contributed by atoms with Crippen LogP contribution in [0.5, 0.6) is 0 Å². The maximum absolute atomic E-state index is 12.9. The molecule has 0 aliphatic carbocycles. The summed E-state index contributed by atoms with van der Waals surface area (Å²) in [5, 5.41) is 8.42. The summed E-state index contributed by atoms with van der Waals surface area (Å²) in [6.07, 6.45) is 0. The maximum atomic E-state index is 12.9. The molecule has 6 nitrogen and oxygen atoms in total. The molecule has 0 unspecified atom stereocenters. The first-order chi connectivity index (χ1) is 13.5. The summed E-state index contributed by atoms with van der Waals surface area (Å²) in [6, 6.07) is 17.0. The smallest absolute Gasteiger partial charge is 0.278 e. The lowest BCUT2D eigenvalue weighted by atomic mass is 10.1. The SMILES string of the molecule is Cc1ccc(-n2c(C)cc(C(=O)Cn3nnc4ccccc4c3=O)c2C)cc1. The minimum Gasteiger partial charge on any atom is -0.318 e. The molecule has 0 fully saturated rings. The first-order valence-electron chi connectivity index (χ1n) is 9.07. The number of hydrogen-bond donors (Lipinski definition) is 0. The molecule has 0 bridgehead atoms. The van der Waals surface area contributed by atoms with E-state index in [1.807, 2.05) is 55.7 Å². The van der Waals surface area contributed by atoms with Crippen LogP contribution in [-0.2, 0) is 6.54 Å². The van der Waals surface area contributed by atoms with Crippen LogP contribution < -0.4 is 5.56 Å². The molecule has 140 valence electrons. The van der Waals surface area contributed by atoms with Gasteiger partial charge in [0.1, 0.15) is 12.1 Å². The lowest BCUT2D eigenvalue weighted by Gasteiger charge is -2.10. The number of benzene rings is 2. The van der Waals surface area contributed by atoms with Crippen molar-refractivity contribution >= 4 is 16.7 Å². The Morgan fingerprint density at radius 2 is 1.71 bits per heavy atom. The Labute approximate surface area is 162 Å². The van der Waals surface area contributed by atoms with Crippen LogP contribution in [0.3, 0.4) is 0 Å². The molecule has 0 aliphatic heterocycles. The van der Waals surface area contributed by atoms with E-state index >= 15 is 0 Å². The molecule has 0 spiro atoms. The van der Waals surface area contributed by atoms with Crippen molar-refractivity contribution in [1.29, 1.82) is 0 Å². The van der Waals surface area contributed by atoms with E-state index in [9.17, 15) is 9.59 Å². The zero-order valence-electron chi connectivity index (χ0n) is 16.0. The van der Waals surface area contributed by atoms with E-state index in [0.29, 0.717) is 16.5 Å². The van der Waals surface area contributed by atoms with Crippen molar-refractivity contribution in [3.8, 4) is 5.69 Å². The van der Waals surface area contributed by atoms with Crippen LogP contribution in [0.25, 0.3) is 16.6 Å². The standard InChI is InChI=1S/C22H20N4O2/c1-14-8-10-17(11-9-14)26-15(2)12-19(16(26)3)21(27)13-25-22(28)18-6-4-5-7-20(18)23-24-25/h4-12H,13H2,1-3H3. The molecule has 0 saturated carbocycles. The number of Topliss-reactive ketones (excluding diaryl/α,β-unsaturated/α-hetero) is 1. The minimum absolute atomic E-state index is 0.144. The Bertz CT molecular complexity index is 1250. The third-order valence-corrected chi connectivity index (χ3v) is 4.95. The highest BCUT2D eigenvalue weighted by atomic mass is 16.1. The van der Waals surface area contributed by atoms with Gasteiger partial charge >= 0.3 is 0 Å². The molecule has 2 aromatic heterocycles. The molecular weight excluding hydrogens is 352 g/mol. The maximum Gasteiger partial charge on any atom is 0.278 e. The van der Waals surface area contributed by atoms with E-state index < -0.39 is 0 Å². The van der Waals surface area contributed by atoms with Gasteiger partial charge in [0.25, 0.3) is 5.56 Å². The number of nitrogens with zero attached hydrogens (tertiary/aromatic N) is 4. The molecule has 28 heavy (non-hydrogen) atoms. The van der Waals surface area contributed by atoms with Gasteiger partial charge in [-0.05, 0) is 51.1 Å². The average molecular weight is 372 g/mol. The molecule has 4 aromatic rings. The third kappa shape index (κ3) is 3.03. The largest absolute Gasteiger partial charge is 0.318 e. The number of fused-ring (bicyclic) bond motifs is 1. The highest BCUT2D eigenvalue weighted by Crippen LogP contribution is 2.22. The second kappa shape index (κ2) is 6.88. The first-order valence-corrected chi connectivity index (χ1v) is 9.07. The molecule has 0 atom stereocenters. The molecule has 2 aromatic carbocycles. The second-order valence-corrected chi connectivity index (χ2v) is 6.95. The molecule has 4 rings (SSSR count). The fourth-order valence-electron chi connectivity index (χ4n) is 3.48. The van der Waals surface area contributed by atoms with E-state index in [2.05, 4.69) is 10.3 Å². The van der Waals surface area contributed by atoms with Crippen molar-refractivity contribution < 1.29 is 4.79 Å². The number of rotatable bonds is 4. The predicted octanol–water partition coefficient (Wildman–Crippen LogP) is 3.39. The van der Waals surface area contributed by atoms with Crippen molar-refractivity contribution in [2.75, 3.05) is 0 Å². The number of hydrogen-bond acceptors (Lipinski definition) is 4. The average Bonchev–Trinajstić information content (AvgIpc) is 2.99. The quantitative estimate of drug-likeness (QED) is 0.515. The van der Waals surface area contributed by atoms with Gasteiger partial charge < -0.3 is 4.57 Å². The topological polar surface area (TPSA) is 69.8 Å². The first kappa shape index (κ1) is 17.9. The molecule has 0 radical (unpaired) electrons. The van der Waals surface area contributed by atoms with Gasteiger partial charge in [0.2, 0.25) is 0 Å². The second-order valence-electron chi connectivity index (χ2n) is 6.95. The van der Waals surface area contributed by atoms with Crippen molar-refractivity contribution in [2.24, 2.45) is 0 Å². The van der Waals surface area contributed by atoms with Crippen molar-refractivity contribution in [1.82, 2.24) is 19.6 Å². The lowest BCUT2D eigenvalue weighted by Crippen LogP contribution is -2.28. The summed E-state index contributed by atoms with van der Waals surface area (Å²) < 4.78 is 3.17. The number of ketones is 1. The highest BCUT2D eigenvalue weighted by molar-refractivity contribution is 5.97. The summed E-state index contributed by atoms with van der Waals surface area (Å²) in [7, 11) is 0. The molecule has 0 N–H and O–H groups in total. The number of carbonyl (C=O) groups excluding carboxylic acids is 1. The van der Waals surface area contributed by atoms with E-state index in [0.717, 1.165) is 21.8 Å². The van der Waals surface area contributed by atoms with Crippen LogP contribution in [0.4, 0.5) is 0 Å². The summed E-state index contributed by atoms with van der Waals surface area (Å²) in [4.78, 5) is 25.5. The monoisotopic (exact) mass is 372 g/mol. The number of carbonyl (C=O) groups is 1. The fraction of sp³-hybridized carbons (Fsp3) is 0.182. The molecular formula is C22H20N4O2. The summed E-state index contributed by atoms with van der Waals surface area (Å²) in [5.41, 5.74) is 4.77. The van der Waals surface area contributed by atoms with Crippen molar-refractivity contribution in [3.05, 3.63) is 87.5 Å². The number of aromatic nitrogens is 4. The van der Waals surface area contributed by atoms with E-state index in [1.54, 1.807) is 24.3 Å². The molecule has 0 aliphatic rings. The van der Waals surface area contributed by atoms with Crippen LogP contribution in [0.15, 0.2) is 59.4 Å². The zero-order chi connectivity index (χ0) is 19.8. The molecule has 0 saturated heterocycles. The van der Waals surface area contributed by atoms with Crippen LogP contribution >= 0.6 is 0 Å². The lowest BCUT2D eigenvalue weighted by molar-refractivity contribution is 0.0964. The van der Waals surface area contributed by atoms with E-state index in [1.165, 1.54) is 5.56 Å². The summed E-state index contributed by atoms with van der Waals surface area (Å²) >= 11 is 0. The zero-order valence-corrected chi connectivity index (χ0v) is 16.0. The van der Waals surface area contributed by atoms with Gasteiger partial charge in [-0.3, -0.25) is 9.59 Å². The van der Waals surface area contributed by atoms with Crippen molar-refractivity contribution in [3.63, 3.8) is 0 Å². The summed E-state index contributed by atoms with van der Waals surface area (Å²) in [5.74, 6) is -0.168. The van der Waals surface area contributed by atoms with Gasteiger partial charge in [0, 0.05) is 22.6 Å². The van der Waals surface area contributed by atoms with Crippen LogP contribution in [0.1, 0.15) is 27.3 Å². The Morgan fingerprint density at radius 1 is 1.00 bits per heavy atom. The van der Waals surface area contributed by atoms with Gasteiger partial charge in [-0.1, -0.05) is 35.0 Å². The van der Waals surface area contributed by atoms with Crippen LogP contribution in [-0.4, -0.2) is 25.3 Å². The third-order valence-electron chi connectivity index (χ3n) is 4.95. The van der Waals surface area contributed by atoms with E-state index in [-0.39, 0.29) is 17.9 Å². The van der Waals surface area contributed by atoms with Gasteiger partial charge in [-0.2, -0.15) is 0 Å². The Balaban J connectivity index is 1.70. The van der Waals surface area contributed by atoms with Crippen LogP contribution in [0, 0.1) is 20.8 Å². The van der Waals surface area contributed by atoms with Gasteiger partial charge in [0.15, 0.2) is 5.78 Å². The fourth-order valence-corrected chi connectivity index (χ4v) is 3.48. The number of aryl methyl sites for hydroxylation is 2. The van der Waals surface area contributed by atoms with Crippen LogP contribution in [0.2, 0.25) is 0 Å². The molecule has 0 amide bonds. The summed E-state index contributed by atoms with van der Waals surface area (Å²) in [6.45, 7) is 5.77. The van der Waals surface area contributed by atoms with Gasteiger partial charge in [-0.15, -0.1) is 5.10 Å².